The molecule has 6 heteroatoms. The van der Waals surface area contributed by atoms with Gasteiger partial charge in [0, 0.05) is 0 Å². The van der Waals surface area contributed by atoms with E-state index in [1.54, 1.807) is 48.5 Å². The van der Waals surface area contributed by atoms with Gasteiger partial charge in [-0.25, -0.2) is 4.79 Å². The molecule has 2 aromatic rings. The van der Waals surface area contributed by atoms with E-state index in [4.69, 9.17) is 10.2 Å². The molecule has 124 valence electrons. The first-order valence-electron chi connectivity index (χ1n) is 7.34. The van der Waals surface area contributed by atoms with Crippen molar-refractivity contribution in [3.05, 3.63) is 71.8 Å². The first kappa shape index (κ1) is 17.2. The summed E-state index contributed by atoms with van der Waals surface area (Å²) in [6.07, 6.45) is -0.683. The number of amides is 1. The lowest BCUT2D eigenvalue weighted by molar-refractivity contribution is -0.147. The standard InChI is InChI=1S/C18H17NO5/c20-15(21)11-14(18(23)24)19-17(22)16(12-7-3-1-4-8-12)13-9-5-2-6-10-13/h1-10,14,16H,11H2,(H,19,22)(H,20,21)(H,23,24)/t14-/m1/s1. The van der Waals surface area contributed by atoms with Crippen LogP contribution in [0.15, 0.2) is 60.7 Å². The van der Waals surface area contributed by atoms with Gasteiger partial charge in [0.05, 0.1) is 12.3 Å². The van der Waals surface area contributed by atoms with Gasteiger partial charge < -0.3 is 15.5 Å². The lowest BCUT2D eigenvalue weighted by Gasteiger charge is -2.20. The van der Waals surface area contributed by atoms with Gasteiger partial charge in [0.1, 0.15) is 6.04 Å². The minimum absolute atomic E-state index is 0.555. The third-order valence-corrected chi connectivity index (χ3v) is 3.52. The summed E-state index contributed by atoms with van der Waals surface area (Å²) in [5.41, 5.74) is 1.39. The molecular weight excluding hydrogens is 310 g/mol. The number of hydrogen-bond acceptors (Lipinski definition) is 3. The van der Waals surface area contributed by atoms with E-state index in [2.05, 4.69) is 5.32 Å². The van der Waals surface area contributed by atoms with E-state index in [0.29, 0.717) is 11.1 Å². The molecular formula is C18H17NO5. The third-order valence-electron chi connectivity index (χ3n) is 3.52. The van der Waals surface area contributed by atoms with Gasteiger partial charge in [-0.15, -0.1) is 0 Å². The molecule has 1 amide bonds. The van der Waals surface area contributed by atoms with Crippen LogP contribution in [0.3, 0.4) is 0 Å². The van der Waals surface area contributed by atoms with E-state index in [-0.39, 0.29) is 0 Å². The zero-order chi connectivity index (χ0) is 17.5. The molecule has 0 unspecified atom stereocenters. The number of aliphatic carboxylic acids is 2. The number of rotatable bonds is 7. The van der Waals surface area contributed by atoms with Crippen molar-refractivity contribution in [1.29, 1.82) is 0 Å². The highest BCUT2D eigenvalue weighted by Crippen LogP contribution is 2.25. The Morgan fingerprint density at radius 2 is 1.29 bits per heavy atom. The lowest BCUT2D eigenvalue weighted by Crippen LogP contribution is -2.44. The Bertz CT molecular complexity index is 675. The quantitative estimate of drug-likeness (QED) is 0.720. The van der Waals surface area contributed by atoms with Crippen LogP contribution in [-0.4, -0.2) is 34.1 Å². The van der Waals surface area contributed by atoms with Crippen LogP contribution in [-0.2, 0) is 14.4 Å². The predicted molar refractivity (Wildman–Crippen MR) is 86.5 cm³/mol. The van der Waals surface area contributed by atoms with Gasteiger partial charge in [0.25, 0.3) is 0 Å². The zero-order valence-electron chi connectivity index (χ0n) is 12.8. The molecule has 0 aliphatic rings. The van der Waals surface area contributed by atoms with Gasteiger partial charge in [-0.2, -0.15) is 0 Å². The van der Waals surface area contributed by atoms with E-state index < -0.39 is 36.2 Å². The van der Waals surface area contributed by atoms with E-state index in [0.717, 1.165) is 0 Å². The van der Waals surface area contributed by atoms with Crippen LogP contribution >= 0.6 is 0 Å². The van der Waals surface area contributed by atoms with Crippen LogP contribution in [0.1, 0.15) is 23.5 Å². The number of carbonyl (C=O) groups is 3. The summed E-state index contributed by atoms with van der Waals surface area (Å²) in [5.74, 6) is -3.95. The molecule has 2 aromatic carbocycles. The zero-order valence-corrected chi connectivity index (χ0v) is 12.8. The smallest absolute Gasteiger partial charge is 0.326 e. The average molecular weight is 327 g/mol. The van der Waals surface area contributed by atoms with Crippen molar-refractivity contribution in [3.63, 3.8) is 0 Å². The van der Waals surface area contributed by atoms with Gasteiger partial charge in [0.15, 0.2) is 0 Å². The summed E-state index contributed by atoms with van der Waals surface area (Å²) >= 11 is 0. The monoisotopic (exact) mass is 327 g/mol. The highest BCUT2D eigenvalue weighted by molar-refractivity contribution is 5.92. The maximum atomic E-state index is 12.7. The number of nitrogens with one attached hydrogen (secondary N) is 1. The number of benzene rings is 2. The topological polar surface area (TPSA) is 104 Å². The summed E-state index contributed by atoms with van der Waals surface area (Å²) in [6.45, 7) is 0. The first-order valence-corrected chi connectivity index (χ1v) is 7.34. The third kappa shape index (κ3) is 4.42. The molecule has 0 aliphatic carbocycles. The Labute approximate surface area is 138 Å². The molecule has 0 spiro atoms. The van der Waals surface area contributed by atoms with E-state index in [1.165, 1.54) is 0 Å². The highest BCUT2D eigenvalue weighted by Gasteiger charge is 2.28. The molecule has 0 saturated heterocycles. The van der Waals surface area contributed by atoms with Crippen molar-refractivity contribution >= 4 is 17.8 Å². The SMILES string of the molecule is O=C(O)C[C@@H](NC(=O)C(c1ccccc1)c1ccccc1)C(=O)O. The van der Waals surface area contributed by atoms with E-state index in [1.807, 2.05) is 12.1 Å². The van der Waals surface area contributed by atoms with E-state index in [9.17, 15) is 14.4 Å². The second-order valence-corrected chi connectivity index (χ2v) is 5.25. The molecule has 0 saturated carbocycles. The molecule has 6 nitrogen and oxygen atoms in total. The number of hydrogen-bond donors (Lipinski definition) is 3. The highest BCUT2D eigenvalue weighted by atomic mass is 16.4. The molecule has 0 fully saturated rings. The molecule has 24 heavy (non-hydrogen) atoms. The largest absolute Gasteiger partial charge is 0.481 e. The molecule has 0 radical (unpaired) electrons. The number of carboxylic acids is 2. The van der Waals surface area contributed by atoms with Gasteiger partial charge in [0.2, 0.25) is 5.91 Å². The summed E-state index contributed by atoms with van der Waals surface area (Å²) in [7, 11) is 0. The molecule has 2 rings (SSSR count). The van der Waals surface area contributed by atoms with Crippen LogP contribution in [0.5, 0.6) is 0 Å². The first-order chi connectivity index (χ1) is 11.5. The van der Waals surface area contributed by atoms with Crippen LogP contribution < -0.4 is 5.32 Å². The Kier molecular flexibility index (Phi) is 5.68. The minimum Gasteiger partial charge on any atom is -0.481 e. The average Bonchev–Trinajstić information content (AvgIpc) is 2.56. The van der Waals surface area contributed by atoms with Crippen LogP contribution in [0.4, 0.5) is 0 Å². The fourth-order valence-corrected chi connectivity index (χ4v) is 2.42. The van der Waals surface area contributed by atoms with Crippen LogP contribution in [0.25, 0.3) is 0 Å². The molecule has 0 aromatic heterocycles. The Morgan fingerprint density at radius 1 is 0.833 bits per heavy atom. The molecule has 0 heterocycles. The van der Waals surface area contributed by atoms with Gasteiger partial charge >= 0.3 is 11.9 Å². The van der Waals surface area contributed by atoms with Crippen molar-refractivity contribution in [3.8, 4) is 0 Å². The molecule has 1 atom stereocenters. The molecule has 3 N–H and O–H groups in total. The van der Waals surface area contributed by atoms with E-state index >= 15 is 0 Å². The number of carboxylic acid groups (broad SMARTS) is 2. The van der Waals surface area contributed by atoms with Crippen LogP contribution in [0, 0.1) is 0 Å². The summed E-state index contributed by atoms with van der Waals surface area (Å²) < 4.78 is 0. The van der Waals surface area contributed by atoms with Crippen molar-refractivity contribution in [1.82, 2.24) is 5.32 Å². The Morgan fingerprint density at radius 3 is 1.67 bits per heavy atom. The Balaban J connectivity index is 2.32. The predicted octanol–water partition coefficient (Wildman–Crippen LogP) is 1.86. The second-order valence-electron chi connectivity index (χ2n) is 5.25. The number of carbonyl (C=O) groups excluding carboxylic acids is 1. The van der Waals surface area contributed by atoms with Gasteiger partial charge in [-0.1, -0.05) is 60.7 Å². The van der Waals surface area contributed by atoms with Gasteiger partial charge in [-0.3, -0.25) is 9.59 Å². The van der Waals surface area contributed by atoms with Crippen molar-refractivity contribution in [2.45, 2.75) is 18.4 Å². The molecule has 0 aliphatic heterocycles. The van der Waals surface area contributed by atoms with Crippen molar-refractivity contribution in [2.75, 3.05) is 0 Å². The summed E-state index contributed by atoms with van der Waals surface area (Å²) in [6, 6.07) is 16.3. The fraction of sp³-hybridized carbons (Fsp3) is 0.167. The second kappa shape index (κ2) is 7.92. The Hall–Kier alpha value is -3.15. The maximum absolute atomic E-state index is 12.7. The van der Waals surface area contributed by atoms with Gasteiger partial charge in [-0.05, 0) is 11.1 Å². The minimum atomic E-state index is -1.48. The summed E-state index contributed by atoms with van der Waals surface area (Å²) in [5, 5.41) is 20.2. The normalized spacial score (nSPS) is 11.7. The fourth-order valence-electron chi connectivity index (χ4n) is 2.42. The molecule has 0 bridgehead atoms. The van der Waals surface area contributed by atoms with Crippen molar-refractivity contribution in [2.24, 2.45) is 0 Å². The van der Waals surface area contributed by atoms with Crippen molar-refractivity contribution < 1.29 is 24.6 Å². The maximum Gasteiger partial charge on any atom is 0.326 e. The lowest BCUT2D eigenvalue weighted by atomic mass is 9.90. The van der Waals surface area contributed by atoms with Crippen LogP contribution in [0.2, 0.25) is 0 Å². The summed E-state index contributed by atoms with van der Waals surface area (Å²) in [4.78, 5) is 34.7.